The Morgan fingerprint density at radius 1 is 1.05 bits per heavy atom. The van der Waals surface area contributed by atoms with Crippen LogP contribution in [0.2, 0.25) is 0 Å². The van der Waals surface area contributed by atoms with Gasteiger partial charge >= 0.3 is 6.61 Å². The Labute approximate surface area is 126 Å². The third kappa shape index (κ3) is 5.14. The molecule has 0 heterocycles. The largest absolute Gasteiger partial charge is 0.433 e. The lowest BCUT2D eigenvalue weighted by Crippen LogP contribution is -2.19. The molecule has 0 saturated heterocycles. The summed E-state index contributed by atoms with van der Waals surface area (Å²) in [5.74, 6) is -0.532. The van der Waals surface area contributed by atoms with E-state index in [9.17, 15) is 13.6 Å². The van der Waals surface area contributed by atoms with Crippen LogP contribution in [0.4, 0.5) is 14.5 Å². The number of carbonyl (C=O) groups excluding carboxylic acids is 1. The molecule has 2 aromatic rings. The first kappa shape index (κ1) is 15.9. The number of anilines is 1. The highest BCUT2D eigenvalue weighted by atomic mass is 19.3. The van der Waals surface area contributed by atoms with E-state index in [0.717, 1.165) is 5.56 Å². The first-order valence-corrected chi connectivity index (χ1v) is 6.60. The van der Waals surface area contributed by atoms with Crippen molar-refractivity contribution in [3.63, 3.8) is 0 Å². The monoisotopic (exact) mass is 307 g/mol. The van der Waals surface area contributed by atoms with E-state index in [1.54, 1.807) is 12.1 Å². The van der Waals surface area contributed by atoms with Crippen LogP contribution in [0.3, 0.4) is 0 Å². The van der Waals surface area contributed by atoms with Gasteiger partial charge in [-0.25, -0.2) is 0 Å². The highest BCUT2D eigenvalue weighted by Crippen LogP contribution is 2.25. The number of para-hydroxylation sites is 2. The van der Waals surface area contributed by atoms with Gasteiger partial charge in [0.15, 0.2) is 0 Å². The molecule has 22 heavy (non-hydrogen) atoms. The van der Waals surface area contributed by atoms with Gasteiger partial charge in [0.1, 0.15) is 12.4 Å². The number of hydrogen-bond acceptors (Lipinski definition) is 3. The second-order valence-electron chi connectivity index (χ2n) is 4.40. The van der Waals surface area contributed by atoms with Crippen LogP contribution in [0.15, 0.2) is 54.6 Å². The van der Waals surface area contributed by atoms with E-state index in [1.165, 1.54) is 12.1 Å². The summed E-state index contributed by atoms with van der Waals surface area (Å²) in [5, 5.41) is 2.48. The summed E-state index contributed by atoms with van der Waals surface area (Å²) < 4.78 is 34.1. The second kappa shape index (κ2) is 8.09. The number of benzene rings is 2. The highest BCUT2D eigenvalue weighted by molar-refractivity contribution is 5.93. The van der Waals surface area contributed by atoms with Crippen molar-refractivity contribution in [3.8, 4) is 5.75 Å². The van der Waals surface area contributed by atoms with Crippen LogP contribution in [0.5, 0.6) is 5.75 Å². The maximum absolute atomic E-state index is 12.3. The highest BCUT2D eigenvalue weighted by Gasteiger charge is 2.11. The quantitative estimate of drug-likeness (QED) is 0.852. The molecule has 0 radical (unpaired) electrons. The van der Waals surface area contributed by atoms with Crippen molar-refractivity contribution in [3.05, 3.63) is 60.2 Å². The van der Waals surface area contributed by atoms with Gasteiger partial charge < -0.3 is 14.8 Å². The van der Waals surface area contributed by atoms with E-state index in [4.69, 9.17) is 4.74 Å². The van der Waals surface area contributed by atoms with Gasteiger partial charge in [0.05, 0.1) is 12.3 Å². The van der Waals surface area contributed by atoms with Crippen molar-refractivity contribution in [1.82, 2.24) is 0 Å². The van der Waals surface area contributed by atoms with Crippen LogP contribution in [0.25, 0.3) is 0 Å². The van der Waals surface area contributed by atoms with Crippen molar-refractivity contribution in [1.29, 1.82) is 0 Å². The molecule has 2 rings (SSSR count). The van der Waals surface area contributed by atoms with E-state index in [-0.39, 0.29) is 18.0 Å². The first-order valence-electron chi connectivity index (χ1n) is 6.60. The summed E-state index contributed by atoms with van der Waals surface area (Å²) in [7, 11) is 0. The van der Waals surface area contributed by atoms with Gasteiger partial charge in [0.2, 0.25) is 5.91 Å². The van der Waals surface area contributed by atoms with E-state index in [2.05, 4.69) is 10.1 Å². The zero-order valence-corrected chi connectivity index (χ0v) is 11.7. The molecule has 0 fully saturated rings. The van der Waals surface area contributed by atoms with Crippen LogP contribution in [-0.2, 0) is 16.1 Å². The van der Waals surface area contributed by atoms with Crippen LogP contribution in [0.1, 0.15) is 5.56 Å². The average molecular weight is 307 g/mol. The van der Waals surface area contributed by atoms with E-state index >= 15 is 0 Å². The molecule has 1 N–H and O–H groups in total. The van der Waals surface area contributed by atoms with Gasteiger partial charge in [0, 0.05) is 0 Å². The number of nitrogens with one attached hydrogen (secondary N) is 1. The Hall–Kier alpha value is -2.47. The van der Waals surface area contributed by atoms with Crippen LogP contribution >= 0.6 is 0 Å². The van der Waals surface area contributed by atoms with E-state index in [1.807, 2.05) is 30.3 Å². The van der Waals surface area contributed by atoms with E-state index in [0.29, 0.717) is 6.61 Å². The Morgan fingerprint density at radius 3 is 2.45 bits per heavy atom. The minimum atomic E-state index is -2.95. The van der Waals surface area contributed by atoms with Crippen molar-refractivity contribution >= 4 is 11.6 Å². The van der Waals surface area contributed by atoms with Gasteiger partial charge in [-0.05, 0) is 17.7 Å². The molecule has 0 aliphatic carbocycles. The molecule has 1 amide bonds. The summed E-state index contributed by atoms with van der Waals surface area (Å²) in [4.78, 5) is 11.8. The lowest BCUT2D eigenvalue weighted by molar-refractivity contribution is -0.121. The Kier molecular flexibility index (Phi) is 5.85. The molecule has 2 aromatic carbocycles. The zero-order chi connectivity index (χ0) is 15.8. The minimum Gasteiger partial charge on any atom is -0.433 e. The smallest absolute Gasteiger partial charge is 0.387 e. The first-order chi connectivity index (χ1) is 10.6. The van der Waals surface area contributed by atoms with Gasteiger partial charge in [0.25, 0.3) is 0 Å². The number of amides is 1. The lowest BCUT2D eigenvalue weighted by Gasteiger charge is -2.11. The third-order valence-electron chi connectivity index (χ3n) is 2.72. The van der Waals surface area contributed by atoms with Crippen molar-refractivity contribution in [2.75, 3.05) is 11.9 Å². The molecular weight excluding hydrogens is 292 g/mol. The van der Waals surface area contributed by atoms with Crippen molar-refractivity contribution in [2.24, 2.45) is 0 Å². The lowest BCUT2D eigenvalue weighted by atomic mass is 10.2. The SMILES string of the molecule is O=C(COCc1ccccc1)Nc1ccccc1OC(F)F. The summed E-state index contributed by atoms with van der Waals surface area (Å²) in [6.45, 7) is -2.84. The molecule has 0 atom stereocenters. The van der Waals surface area contributed by atoms with Gasteiger partial charge in [-0.15, -0.1) is 0 Å². The predicted octanol–water partition coefficient (Wildman–Crippen LogP) is 3.44. The minimum absolute atomic E-state index is 0.0890. The Bertz CT molecular complexity index is 605. The van der Waals surface area contributed by atoms with Gasteiger partial charge in [-0.2, -0.15) is 8.78 Å². The van der Waals surface area contributed by atoms with Crippen LogP contribution < -0.4 is 10.1 Å². The third-order valence-corrected chi connectivity index (χ3v) is 2.72. The summed E-state index contributed by atoms with van der Waals surface area (Å²) in [6, 6.07) is 15.4. The number of ether oxygens (including phenoxy) is 2. The molecule has 0 aliphatic heterocycles. The fourth-order valence-electron chi connectivity index (χ4n) is 1.79. The van der Waals surface area contributed by atoms with Crippen LogP contribution in [-0.4, -0.2) is 19.1 Å². The Morgan fingerprint density at radius 2 is 1.73 bits per heavy atom. The van der Waals surface area contributed by atoms with Gasteiger partial charge in [-0.3, -0.25) is 4.79 Å². The second-order valence-corrected chi connectivity index (χ2v) is 4.40. The maximum Gasteiger partial charge on any atom is 0.387 e. The normalized spacial score (nSPS) is 10.5. The van der Waals surface area contributed by atoms with Crippen molar-refractivity contribution in [2.45, 2.75) is 13.2 Å². The molecule has 0 aliphatic rings. The fourth-order valence-corrected chi connectivity index (χ4v) is 1.79. The van der Waals surface area contributed by atoms with E-state index < -0.39 is 12.5 Å². The van der Waals surface area contributed by atoms with Gasteiger partial charge in [-0.1, -0.05) is 42.5 Å². The Balaban J connectivity index is 1.84. The summed E-state index contributed by atoms with van der Waals surface area (Å²) >= 11 is 0. The molecule has 0 aromatic heterocycles. The molecule has 0 unspecified atom stereocenters. The molecule has 0 bridgehead atoms. The molecule has 0 spiro atoms. The fraction of sp³-hybridized carbons (Fsp3) is 0.188. The summed E-state index contributed by atoms with van der Waals surface area (Å²) in [6.07, 6.45) is 0. The average Bonchev–Trinajstić information content (AvgIpc) is 2.50. The molecular formula is C16H15F2NO3. The topological polar surface area (TPSA) is 47.6 Å². The number of rotatable bonds is 7. The predicted molar refractivity (Wildman–Crippen MR) is 77.8 cm³/mol. The maximum atomic E-state index is 12.3. The molecule has 4 nitrogen and oxygen atoms in total. The van der Waals surface area contributed by atoms with Crippen molar-refractivity contribution < 1.29 is 23.0 Å². The molecule has 116 valence electrons. The number of carbonyl (C=O) groups is 1. The standard InChI is InChI=1S/C16H15F2NO3/c17-16(18)22-14-9-5-4-8-13(14)19-15(20)11-21-10-12-6-2-1-3-7-12/h1-9,16H,10-11H2,(H,19,20). The molecule has 6 heteroatoms. The zero-order valence-electron chi connectivity index (χ0n) is 11.7. The molecule has 0 saturated carbocycles. The van der Waals surface area contributed by atoms with Crippen LogP contribution in [0, 0.1) is 0 Å². The number of alkyl halides is 2. The summed E-state index contributed by atoms with van der Waals surface area (Å²) in [5.41, 5.74) is 1.12. The number of hydrogen-bond donors (Lipinski definition) is 1. The number of halogens is 2.